The van der Waals surface area contributed by atoms with Gasteiger partial charge in [0.05, 0.1) is 17.0 Å². The van der Waals surface area contributed by atoms with E-state index in [1.165, 1.54) is 18.9 Å². The standard InChI is InChI=1S/C19H22F3N3/c20-19(21,22)16-4-1-3-15(11-16)18-6-2-5-17(25-18)13-24-12-14-7-9-23-10-8-14/h1-6,11,14,23-24H,7-10,12-13H2. The number of rotatable bonds is 5. The van der Waals surface area contributed by atoms with Crippen LogP contribution in [-0.2, 0) is 12.7 Å². The van der Waals surface area contributed by atoms with Crippen LogP contribution in [0.15, 0.2) is 42.5 Å². The quantitative estimate of drug-likeness (QED) is 0.861. The maximum absolute atomic E-state index is 12.9. The van der Waals surface area contributed by atoms with Gasteiger partial charge in [-0.2, -0.15) is 13.2 Å². The number of hydrogen-bond acceptors (Lipinski definition) is 3. The third-order valence-corrected chi connectivity index (χ3v) is 4.49. The van der Waals surface area contributed by atoms with Gasteiger partial charge < -0.3 is 10.6 Å². The SMILES string of the molecule is FC(F)(F)c1cccc(-c2cccc(CNCC3CCNCC3)n2)c1. The van der Waals surface area contributed by atoms with Gasteiger partial charge in [0, 0.05) is 12.1 Å². The van der Waals surface area contributed by atoms with Crippen LogP contribution in [-0.4, -0.2) is 24.6 Å². The summed E-state index contributed by atoms with van der Waals surface area (Å²) in [5, 5.41) is 6.76. The van der Waals surface area contributed by atoms with Crippen LogP contribution in [0.25, 0.3) is 11.3 Å². The van der Waals surface area contributed by atoms with Crippen molar-refractivity contribution in [3.05, 3.63) is 53.7 Å². The molecule has 2 aromatic rings. The molecule has 0 unspecified atom stereocenters. The Hall–Kier alpha value is -1.92. The van der Waals surface area contributed by atoms with Crippen molar-refractivity contribution in [2.24, 2.45) is 5.92 Å². The second kappa shape index (κ2) is 7.97. The van der Waals surface area contributed by atoms with Crippen LogP contribution in [0.5, 0.6) is 0 Å². The van der Waals surface area contributed by atoms with Crippen molar-refractivity contribution >= 4 is 0 Å². The Morgan fingerprint density at radius 3 is 2.60 bits per heavy atom. The molecule has 3 rings (SSSR count). The number of halogens is 3. The molecule has 134 valence electrons. The predicted molar refractivity (Wildman–Crippen MR) is 92.0 cm³/mol. The Bertz CT molecular complexity index is 694. The van der Waals surface area contributed by atoms with Crippen molar-refractivity contribution in [2.75, 3.05) is 19.6 Å². The molecule has 0 bridgehead atoms. The third-order valence-electron chi connectivity index (χ3n) is 4.49. The Morgan fingerprint density at radius 1 is 1.08 bits per heavy atom. The summed E-state index contributed by atoms with van der Waals surface area (Å²) in [5.74, 6) is 0.674. The van der Waals surface area contributed by atoms with Crippen LogP contribution < -0.4 is 10.6 Å². The number of hydrogen-bond donors (Lipinski definition) is 2. The summed E-state index contributed by atoms with van der Waals surface area (Å²) in [6.45, 7) is 3.69. The van der Waals surface area contributed by atoms with E-state index in [1.807, 2.05) is 12.1 Å². The summed E-state index contributed by atoms with van der Waals surface area (Å²) in [4.78, 5) is 4.51. The van der Waals surface area contributed by atoms with E-state index in [-0.39, 0.29) is 0 Å². The van der Waals surface area contributed by atoms with E-state index in [0.717, 1.165) is 37.5 Å². The molecule has 25 heavy (non-hydrogen) atoms. The molecule has 0 radical (unpaired) electrons. The molecule has 6 heteroatoms. The molecule has 1 aliphatic heterocycles. The fraction of sp³-hybridized carbons (Fsp3) is 0.421. The van der Waals surface area contributed by atoms with Crippen LogP contribution in [0.3, 0.4) is 0 Å². The molecule has 1 aliphatic rings. The smallest absolute Gasteiger partial charge is 0.317 e. The van der Waals surface area contributed by atoms with Gasteiger partial charge in [-0.3, -0.25) is 4.98 Å². The Morgan fingerprint density at radius 2 is 1.84 bits per heavy atom. The lowest BCUT2D eigenvalue weighted by Crippen LogP contribution is -2.33. The zero-order chi connectivity index (χ0) is 17.7. The van der Waals surface area contributed by atoms with Gasteiger partial charge in [0.2, 0.25) is 0 Å². The molecule has 0 spiro atoms. The molecule has 2 N–H and O–H groups in total. The molecule has 1 aromatic carbocycles. The van der Waals surface area contributed by atoms with Crippen LogP contribution in [0.4, 0.5) is 13.2 Å². The van der Waals surface area contributed by atoms with E-state index in [2.05, 4.69) is 15.6 Å². The van der Waals surface area contributed by atoms with Gasteiger partial charge in [0.1, 0.15) is 0 Å². The van der Waals surface area contributed by atoms with E-state index < -0.39 is 11.7 Å². The Balaban J connectivity index is 1.65. The molecule has 1 fully saturated rings. The first-order valence-electron chi connectivity index (χ1n) is 8.57. The van der Waals surface area contributed by atoms with Crippen molar-refractivity contribution in [2.45, 2.75) is 25.6 Å². The van der Waals surface area contributed by atoms with Gasteiger partial charge >= 0.3 is 6.18 Å². The van der Waals surface area contributed by atoms with Gasteiger partial charge in [0.25, 0.3) is 0 Å². The average molecular weight is 349 g/mol. The van der Waals surface area contributed by atoms with Crippen molar-refractivity contribution in [3.63, 3.8) is 0 Å². The minimum absolute atomic E-state index is 0.482. The molecule has 1 aromatic heterocycles. The zero-order valence-corrected chi connectivity index (χ0v) is 13.9. The predicted octanol–water partition coefficient (Wildman–Crippen LogP) is 3.86. The summed E-state index contributed by atoms with van der Waals surface area (Å²) >= 11 is 0. The van der Waals surface area contributed by atoms with E-state index in [1.54, 1.807) is 12.1 Å². The molecule has 0 atom stereocenters. The monoisotopic (exact) mass is 349 g/mol. The number of piperidine rings is 1. The van der Waals surface area contributed by atoms with Crippen LogP contribution in [0.2, 0.25) is 0 Å². The van der Waals surface area contributed by atoms with Crippen LogP contribution >= 0.6 is 0 Å². The number of alkyl halides is 3. The maximum Gasteiger partial charge on any atom is 0.416 e. The fourth-order valence-electron chi connectivity index (χ4n) is 3.08. The van der Waals surface area contributed by atoms with Crippen molar-refractivity contribution in [3.8, 4) is 11.3 Å². The highest BCUT2D eigenvalue weighted by atomic mass is 19.4. The Labute approximate surface area is 145 Å². The average Bonchev–Trinajstić information content (AvgIpc) is 2.62. The number of pyridine rings is 1. The summed E-state index contributed by atoms with van der Waals surface area (Å²) in [7, 11) is 0. The van der Waals surface area contributed by atoms with Gasteiger partial charge in [-0.05, 0) is 62.7 Å². The molecule has 0 aliphatic carbocycles. The lowest BCUT2D eigenvalue weighted by Gasteiger charge is -2.22. The minimum atomic E-state index is -4.34. The topological polar surface area (TPSA) is 37.0 Å². The lowest BCUT2D eigenvalue weighted by atomic mass is 9.98. The number of nitrogens with zero attached hydrogens (tertiary/aromatic N) is 1. The van der Waals surface area contributed by atoms with Crippen LogP contribution in [0.1, 0.15) is 24.1 Å². The first-order chi connectivity index (χ1) is 12.0. The summed E-state index contributed by atoms with van der Waals surface area (Å²) < 4.78 is 38.6. The number of nitrogens with one attached hydrogen (secondary N) is 2. The second-order valence-corrected chi connectivity index (χ2v) is 6.42. The molecule has 1 saturated heterocycles. The summed E-state index contributed by atoms with van der Waals surface area (Å²) in [5.41, 5.74) is 1.23. The number of benzene rings is 1. The van der Waals surface area contributed by atoms with Crippen LogP contribution in [0, 0.1) is 5.92 Å². The van der Waals surface area contributed by atoms with E-state index in [4.69, 9.17) is 0 Å². The van der Waals surface area contributed by atoms with E-state index in [9.17, 15) is 13.2 Å². The van der Waals surface area contributed by atoms with E-state index >= 15 is 0 Å². The lowest BCUT2D eigenvalue weighted by molar-refractivity contribution is -0.137. The maximum atomic E-state index is 12.9. The highest BCUT2D eigenvalue weighted by Gasteiger charge is 2.30. The second-order valence-electron chi connectivity index (χ2n) is 6.42. The van der Waals surface area contributed by atoms with Gasteiger partial charge in [0.15, 0.2) is 0 Å². The van der Waals surface area contributed by atoms with Gasteiger partial charge in [-0.1, -0.05) is 18.2 Å². The molecule has 0 amide bonds. The fourth-order valence-corrected chi connectivity index (χ4v) is 3.08. The normalized spacial score (nSPS) is 16.1. The first kappa shape index (κ1) is 17.9. The largest absolute Gasteiger partial charge is 0.416 e. The minimum Gasteiger partial charge on any atom is -0.317 e. The summed E-state index contributed by atoms with van der Waals surface area (Å²) in [6, 6.07) is 10.8. The van der Waals surface area contributed by atoms with Crippen molar-refractivity contribution in [1.82, 2.24) is 15.6 Å². The first-order valence-corrected chi connectivity index (χ1v) is 8.57. The molecule has 3 nitrogen and oxygen atoms in total. The third kappa shape index (κ3) is 5.03. The molecule has 0 saturated carbocycles. The van der Waals surface area contributed by atoms with E-state index in [0.29, 0.717) is 23.7 Å². The zero-order valence-electron chi connectivity index (χ0n) is 13.9. The number of aromatic nitrogens is 1. The molecular weight excluding hydrogens is 327 g/mol. The molecular formula is C19H22F3N3. The highest BCUT2D eigenvalue weighted by Crippen LogP contribution is 2.31. The van der Waals surface area contributed by atoms with Gasteiger partial charge in [-0.25, -0.2) is 0 Å². The highest BCUT2D eigenvalue weighted by molar-refractivity contribution is 5.60. The van der Waals surface area contributed by atoms with Crippen molar-refractivity contribution < 1.29 is 13.2 Å². The molecule has 2 heterocycles. The van der Waals surface area contributed by atoms with Crippen molar-refractivity contribution in [1.29, 1.82) is 0 Å². The Kier molecular flexibility index (Phi) is 5.71. The summed E-state index contributed by atoms with van der Waals surface area (Å²) in [6.07, 6.45) is -2.00. The van der Waals surface area contributed by atoms with Gasteiger partial charge in [-0.15, -0.1) is 0 Å².